The lowest BCUT2D eigenvalue weighted by atomic mass is 10.00. The zero-order valence-corrected chi connectivity index (χ0v) is 6.82. The van der Waals surface area contributed by atoms with Crippen LogP contribution in [-0.2, 0) is 14.4 Å². The quantitative estimate of drug-likeness (QED) is 0.594. The van der Waals surface area contributed by atoms with Gasteiger partial charge in [-0.15, -0.1) is 0 Å². The monoisotopic (exact) mass is 183 g/mol. The predicted molar refractivity (Wildman–Crippen MR) is 43.3 cm³/mol. The first-order chi connectivity index (χ1) is 6.15. The van der Waals surface area contributed by atoms with Crippen molar-refractivity contribution in [1.82, 2.24) is 0 Å². The number of hydrogen-bond acceptors (Lipinski definition) is 4. The number of carbonyl (C=O) groups is 2. The second-order valence-corrected chi connectivity index (χ2v) is 2.58. The van der Waals surface area contributed by atoms with Gasteiger partial charge in [0.25, 0.3) is 0 Å². The van der Waals surface area contributed by atoms with Crippen LogP contribution < -0.4 is 5.90 Å². The maximum Gasteiger partial charge on any atom is 0.352 e. The fourth-order valence-corrected chi connectivity index (χ4v) is 1.05. The van der Waals surface area contributed by atoms with Gasteiger partial charge in [-0.25, -0.2) is 9.59 Å². The summed E-state index contributed by atoms with van der Waals surface area (Å²) in [7, 11) is 0. The molecular weight excluding hydrogens is 174 g/mol. The number of carbonyl (C=O) groups excluding carboxylic acids is 1. The van der Waals surface area contributed by atoms with E-state index in [9.17, 15) is 9.59 Å². The highest BCUT2D eigenvalue weighted by molar-refractivity contribution is 5.92. The highest BCUT2D eigenvalue weighted by atomic mass is 16.7. The molecule has 3 N–H and O–H groups in total. The highest BCUT2D eigenvalue weighted by Crippen LogP contribution is 2.17. The molecule has 13 heavy (non-hydrogen) atoms. The van der Waals surface area contributed by atoms with Crippen molar-refractivity contribution in [1.29, 1.82) is 0 Å². The predicted octanol–water partition coefficient (Wildman–Crippen LogP) is 0.134. The van der Waals surface area contributed by atoms with E-state index in [1.54, 1.807) is 0 Å². The average molecular weight is 183 g/mol. The summed E-state index contributed by atoms with van der Waals surface area (Å²) in [4.78, 5) is 25.3. The molecule has 0 radical (unpaired) electrons. The Hall–Kier alpha value is -1.62. The summed E-state index contributed by atoms with van der Waals surface area (Å²) < 4.78 is 0. The van der Waals surface area contributed by atoms with Crippen LogP contribution in [0.15, 0.2) is 23.3 Å². The number of rotatable bonds is 2. The number of aliphatic carboxylic acids is 1. The molecule has 0 bridgehead atoms. The van der Waals surface area contributed by atoms with Gasteiger partial charge in [0.1, 0.15) is 0 Å². The molecule has 0 heterocycles. The average Bonchev–Trinajstić information content (AvgIpc) is 2.17. The van der Waals surface area contributed by atoms with Crippen molar-refractivity contribution >= 4 is 11.9 Å². The smallest absolute Gasteiger partial charge is 0.352 e. The molecule has 0 aromatic carbocycles. The molecular formula is C8H9NO4. The van der Waals surface area contributed by atoms with Crippen molar-refractivity contribution in [3.05, 3.63) is 23.3 Å². The molecule has 0 aliphatic heterocycles. The van der Waals surface area contributed by atoms with Gasteiger partial charge in [0, 0.05) is 11.1 Å². The molecule has 1 rings (SSSR count). The van der Waals surface area contributed by atoms with Crippen LogP contribution >= 0.6 is 0 Å². The first-order valence-electron chi connectivity index (χ1n) is 3.67. The van der Waals surface area contributed by atoms with Crippen molar-refractivity contribution in [3.63, 3.8) is 0 Å². The van der Waals surface area contributed by atoms with E-state index in [0.29, 0.717) is 5.57 Å². The van der Waals surface area contributed by atoms with Gasteiger partial charge in [-0.3, -0.25) is 0 Å². The third-order valence-electron chi connectivity index (χ3n) is 1.78. The Morgan fingerprint density at radius 1 is 1.31 bits per heavy atom. The zero-order valence-electron chi connectivity index (χ0n) is 6.82. The van der Waals surface area contributed by atoms with Crippen molar-refractivity contribution in [2.24, 2.45) is 5.90 Å². The SMILES string of the molecule is NOC(=O)C1=CCC(C(=O)O)=CC1. The van der Waals surface area contributed by atoms with Gasteiger partial charge in [-0.05, 0) is 12.8 Å². The minimum atomic E-state index is -0.962. The number of carboxylic acids is 1. The standard InChI is InChI=1S/C8H9NO4/c9-13-8(12)6-3-1-5(2-4-6)7(10)11/h1,4H,2-3,9H2,(H,10,11). The van der Waals surface area contributed by atoms with Gasteiger partial charge in [0.15, 0.2) is 0 Å². The maximum atomic E-state index is 10.9. The molecule has 0 amide bonds. The summed E-state index contributed by atoms with van der Waals surface area (Å²) in [6, 6.07) is 0. The Morgan fingerprint density at radius 2 is 1.85 bits per heavy atom. The highest BCUT2D eigenvalue weighted by Gasteiger charge is 2.16. The first-order valence-corrected chi connectivity index (χ1v) is 3.67. The molecule has 0 atom stereocenters. The molecule has 5 nitrogen and oxygen atoms in total. The molecule has 0 aromatic rings. The van der Waals surface area contributed by atoms with Gasteiger partial charge in [-0.2, -0.15) is 5.90 Å². The number of carboxylic acid groups (broad SMARTS) is 1. The fourth-order valence-electron chi connectivity index (χ4n) is 1.05. The largest absolute Gasteiger partial charge is 0.478 e. The lowest BCUT2D eigenvalue weighted by Crippen LogP contribution is -2.14. The lowest BCUT2D eigenvalue weighted by molar-refractivity contribution is -0.139. The number of allylic oxidation sites excluding steroid dienone is 2. The summed E-state index contributed by atoms with van der Waals surface area (Å²) in [5.74, 6) is 3.10. The molecule has 1 aliphatic carbocycles. The molecule has 0 fully saturated rings. The third-order valence-corrected chi connectivity index (χ3v) is 1.78. The summed E-state index contributed by atoms with van der Waals surface area (Å²) in [6.07, 6.45) is 3.49. The van der Waals surface area contributed by atoms with Crippen molar-refractivity contribution < 1.29 is 19.5 Å². The molecule has 0 unspecified atom stereocenters. The Kier molecular flexibility index (Phi) is 2.81. The van der Waals surface area contributed by atoms with Crippen molar-refractivity contribution in [3.8, 4) is 0 Å². The molecule has 1 aliphatic rings. The van der Waals surface area contributed by atoms with Gasteiger partial charge in [0.05, 0.1) is 0 Å². The Balaban J connectivity index is 2.63. The number of hydrogen-bond donors (Lipinski definition) is 2. The Morgan fingerprint density at radius 3 is 2.23 bits per heavy atom. The minimum Gasteiger partial charge on any atom is -0.478 e. The van der Waals surface area contributed by atoms with E-state index >= 15 is 0 Å². The van der Waals surface area contributed by atoms with Crippen LogP contribution in [-0.4, -0.2) is 17.0 Å². The summed E-state index contributed by atoms with van der Waals surface area (Å²) >= 11 is 0. The van der Waals surface area contributed by atoms with Crippen molar-refractivity contribution in [2.45, 2.75) is 12.8 Å². The van der Waals surface area contributed by atoms with Crippen LogP contribution in [0.2, 0.25) is 0 Å². The van der Waals surface area contributed by atoms with Crippen molar-refractivity contribution in [2.75, 3.05) is 0 Å². The van der Waals surface area contributed by atoms with E-state index in [1.165, 1.54) is 12.2 Å². The normalized spacial score (nSPS) is 15.8. The van der Waals surface area contributed by atoms with Gasteiger partial charge < -0.3 is 9.94 Å². The van der Waals surface area contributed by atoms with E-state index in [4.69, 9.17) is 5.11 Å². The van der Waals surface area contributed by atoms with E-state index in [1.807, 2.05) is 0 Å². The summed E-state index contributed by atoms with van der Waals surface area (Å²) in [5, 5.41) is 8.58. The van der Waals surface area contributed by atoms with Crippen LogP contribution in [0.25, 0.3) is 0 Å². The molecule has 0 spiro atoms. The molecule has 0 saturated heterocycles. The summed E-state index contributed by atoms with van der Waals surface area (Å²) in [6.45, 7) is 0. The number of nitrogens with two attached hydrogens (primary N) is 1. The van der Waals surface area contributed by atoms with E-state index in [-0.39, 0.29) is 18.4 Å². The topological polar surface area (TPSA) is 89.6 Å². The molecule has 70 valence electrons. The Labute approximate surface area is 74.4 Å². The van der Waals surface area contributed by atoms with Crippen LogP contribution in [0.4, 0.5) is 0 Å². The van der Waals surface area contributed by atoms with E-state index in [2.05, 4.69) is 10.7 Å². The van der Waals surface area contributed by atoms with Gasteiger partial charge >= 0.3 is 11.9 Å². The molecule has 0 aromatic heterocycles. The second-order valence-electron chi connectivity index (χ2n) is 2.58. The van der Waals surface area contributed by atoms with Crippen LogP contribution in [0.3, 0.4) is 0 Å². The van der Waals surface area contributed by atoms with Crippen LogP contribution in [0.1, 0.15) is 12.8 Å². The Bertz CT molecular complexity index is 303. The maximum absolute atomic E-state index is 10.9. The van der Waals surface area contributed by atoms with E-state index in [0.717, 1.165) is 0 Å². The van der Waals surface area contributed by atoms with Gasteiger partial charge in [0.2, 0.25) is 0 Å². The van der Waals surface area contributed by atoms with Crippen LogP contribution in [0, 0.1) is 0 Å². The summed E-state index contributed by atoms with van der Waals surface area (Å²) in [5.41, 5.74) is 0.682. The zero-order chi connectivity index (χ0) is 9.84. The lowest BCUT2D eigenvalue weighted by Gasteiger charge is -2.08. The fraction of sp³-hybridized carbons (Fsp3) is 0.250. The first kappa shape index (κ1) is 9.47. The molecule has 5 heteroatoms. The molecule has 0 saturated carbocycles. The second kappa shape index (κ2) is 3.86. The van der Waals surface area contributed by atoms with Gasteiger partial charge in [-0.1, -0.05) is 12.2 Å². The van der Waals surface area contributed by atoms with E-state index < -0.39 is 11.9 Å². The minimum absolute atomic E-state index is 0.236. The van der Waals surface area contributed by atoms with Crippen LogP contribution in [0.5, 0.6) is 0 Å². The third kappa shape index (κ3) is 2.16.